The summed E-state index contributed by atoms with van der Waals surface area (Å²) in [6.07, 6.45) is 0. The molecule has 0 unspecified atom stereocenters. The van der Waals surface area contributed by atoms with Crippen LogP contribution in [0.3, 0.4) is 0 Å². The maximum Gasteiger partial charge on any atom is 0.196 e. The van der Waals surface area contributed by atoms with E-state index in [1.807, 2.05) is 32.9 Å². The van der Waals surface area contributed by atoms with E-state index in [1.54, 1.807) is 0 Å². The van der Waals surface area contributed by atoms with E-state index in [-0.39, 0.29) is 0 Å². The third-order valence-electron chi connectivity index (χ3n) is 2.98. The molecule has 7 heteroatoms. The Morgan fingerprint density at radius 1 is 1.05 bits per heavy atom. The van der Waals surface area contributed by atoms with Gasteiger partial charge in [-0.1, -0.05) is 9.69 Å². The van der Waals surface area contributed by atoms with E-state index in [2.05, 4.69) is 15.6 Å². The lowest BCUT2D eigenvalue weighted by Gasteiger charge is -2.10. The standard InChI is InChI=1S/C13H21N5O2/c1-4-14-9-7-10-12(11(8-9)15-5-2)17(19)18(20)13(10)16-6-3/h7-8,14-15,19-20H,4-6H2,1-3H3. The molecule has 0 fully saturated rings. The molecule has 7 nitrogen and oxygen atoms in total. The molecule has 1 aromatic carbocycles. The first-order valence-corrected chi connectivity index (χ1v) is 6.82. The molecule has 1 aromatic heterocycles. The normalized spacial score (nSPS) is 12.1. The van der Waals surface area contributed by atoms with Crippen LogP contribution >= 0.6 is 0 Å². The van der Waals surface area contributed by atoms with Gasteiger partial charge < -0.3 is 21.0 Å². The van der Waals surface area contributed by atoms with Gasteiger partial charge in [0.15, 0.2) is 5.49 Å². The third-order valence-corrected chi connectivity index (χ3v) is 2.98. The second-order valence-electron chi connectivity index (χ2n) is 4.36. The fourth-order valence-corrected chi connectivity index (χ4v) is 2.24. The summed E-state index contributed by atoms with van der Waals surface area (Å²) in [6, 6.07) is 3.77. The Bertz CT molecular complexity index is 671. The highest BCUT2D eigenvalue weighted by atomic mass is 16.6. The number of benzene rings is 1. The Morgan fingerprint density at radius 3 is 2.35 bits per heavy atom. The summed E-state index contributed by atoms with van der Waals surface area (Å²) in [5.41, 5.74) is 2.49. The maximum absolute atomic E-state index is 10.0. The zero-order valence-corrected chi connectivity index (χ0v) is 12.0. The minimum atomic E-state index is 0.337. The molecule has 0 saturated carbocycles. The molecule has 0 saturated heterocycles. The second kappa shape index (κ2) is 5.77. The number of nitrogens with zero attached hydrogens (tertiary/aromatic N) is 3. The van der Waals surface area contributed by atoms with E-state index in [9.17, 15) is 10.4 Å². The van der Waals surface area contributed by atoms with E-state index in [1.165, 1.54) is 0 Å². The van der Waals surface area contributed by atoms with Crippen molar-refractivity contribution in [3.63, 3.8) is 0 Å². The number of hydrogen-bond acceptors (Lipinski definition) is 5. The van der Waals surface area contributed by atoms with Gasteiger partial charge in [0.25, 0.3) is 0 Å². The van der Waals surface area contributed by atoms with Gasteiger partial charge >= 0.3 is 0 Å². The first-order chi connectivity index (χ1) is 9.63. The van der Waals surface area contributed by atoms with Gasteiger partial charge in [-0.25, -0.2) is 0 Å². The van der Waals surface area contributed by atoms with Gasteiger partial charge in [0, 0.05) is 25.3 Å². The monoisotopic (exact) mass is 279 g/mol. The van der Waals surface area contributed by atoms with Crippen LogP contribution in [-0.4, -0.2) is 39.7 Å². The minimum Gasteiger partial charge on any atom is -0.410 e. The molecule has 0 radical (unpaired) electrons. The van der Waals surface area contributed by atoms with Crippen LogP contribution in [0.25, 0.3) is 10.9 Å². The number of fused-ring (bicyclic) bond motifs is 1. The van der Waals surface area contributed by atoms with Crippen LogP contribution in [0.1, 0.15) is 20.8 Å². The summed E-state index contributed by atoms with van der Waals surface area (Å²) in [5.74, 6) is 0. The zero-order valence-electron chi connectivity index (χ0n) is 12.0. The predicted molar refractivity (Wildman–Crippen MR) is 78.7 cm³/mol. The highest BCUT2D eigenvalue weighted by Crippen LogP contribution is 2.26. The highest BCUT2D eigenvalue weighted by molar-refractivity contribution is 5.93. The molecule has 0 aliphatic heterocycles. The van der Waals surface area contributed by atoms with E-state index >= 15 is 0 Å². The average molecular weight is 279 g/mol. The first-order valence-electron chi connectivity index (χ1n) is 6.82. The number of aromatic nitrogens is 2. The predicted octanol–water partition coefficient (Wildman–Crippen LogP) is 1.70. The molecule has 0 aliphatic rings. The van der Waals surface area contributed by atoms with Crippen molar-refractivity contribution in [2.75, 3.05) is 30.3 Å². The van der Waals surface area contributed by atoms with Crippen LogP contribution in [0.15, 0.2) is 17.1 Å². The molecule has 2 rings (SSSR count). The largest absolute Gasteiger partial charge is 0.410 e. The lowest BCUT2D eigenvalue weighted by Crippen LogP contribution is -2.20. The van der Waals surface area contributed by atoms with Crippen LogP contribution in [0.5, 0.6) is 0 Å². The highest BCUT2D eigenvalue weighted by Gasteiger charge is 2.15. The van der Waals surface area contributed by atoms with Crippen molar-refractivity contribution < 1.29 is 10.4 Å². The third kappa shape index (κ3) is 2.26. The topological polar surface area (TPSA) is 86.7 Å². The van der Waals surface area contributed by atoms with Crippen LogP contribution in [0, 0.1) is 0 Å². The second-order valence-corrected chi connectivity index (χ2v) is 4.36. The van der Waals surface area contributed by atoms with Gasteiger partial charge in [-0.15, -0.1) is 0 Å². The SMILES string of the molecule is CCN=c1c2cc(NCC)cc(NCC)c2n(O)n1O. The quantitative estimate of drug-likeness (QED) is 0.627. The summed E-state index contributed by atoms with van der Waals surface area (Å²) in [6.45, 7) is 7.87. The van der Waals surface area contributed by atoms with E-state index in [0.29, 0.717) is 39.2 Å². The molecular weight excluding hydrogens is 258 g/mol. The molecule has 0 aliphatic carbocycles. The lowest BCUT2D eigenvalue weighted by atomic mass is 10.2. The Kier molecular flexibility index (Phi) is 4.07. The van der Waals surface area contributed by atoms with Crippen LogP contribution in [0.4, 0.5) is 11.4 Å². The average Bonchev–Trinajstić information content (AvgIpc) is 2.65. The van der Waals surface area contributed by atoms with Crippen LogP contribution < -0.4 is 16.1 Å². The minimum absolute atomic E-state index is 0.337. The molecule has 110 valence electrons. The van der Waals surface area contributed by atoms with Crippen molar-refractivity contribution in [3.05, 3.63) is 17.6 Å². The van der Waals surface area contributed by atoms with Crippen molar-refractivity contribution in [2.45, 2.75) is 20.8 Å². The Balaban J connectivity index is 2.82. The molecule has 0 spiro atoms. The lowest BCUT2D eigenvalue weighted by molar-refractivity contribution is -0.00963. The fourth-order valence-electron chi connectivity index (χ4n) is 2.24. The first kappa shape index (κ1) is 14.1. The summed E-state index contributed by atoms with van der Waals surface area (Å²) in [4.78, 5) is 5.60. The van der Waals surface area contributed by atoms with Gasteiger partial charge in [0.1, 0.15) is 5.52 Å². The maximum atomic E-state index is 10.0. The van der Waals surface area contributed by atoms with E-state index in [4.69, 9.17) is 0 Å². The van der Waals surface area contributed by atoms with Gasteiger partial charge in [-0.05, 0) is 32.9 Å². The summed E-state index contributed by atoms with van der Waals surface area (Å²) < 4.78 is 0. The van der Waals surface area contributed by atoms with Crippen molar-refractivity contribution in [2.24, 2.45) is 4.99 Å². The van der Waals surface area contributed by atoms with Crippen molar-refractivity contribution in [1.82, 2.24) is 9.69 Å². The fraction of sp³-hybridized carbons (Fsp3) is 0.462. The van der Waals surface area contributed by atoms with Gasteiger partial charge in [-0.3, -0.25) is 4.99 Å². The molecule has 2 aromatic rings. The Labute approximate surface area is 117 Å². The van der Waals surface area contributed by atoms with E-state index < -0.39 is 0 Å². The van der Waals surface area contributed by atoms with Crippen LogP contribution in [-0.2, 0) is 0 Å². The number of rotatable bonds is 5. The summed E-state index contributed by atoms with van der Waals surface area (Å²) >= 11 is 0. The van der Waals surface area contributed by atoms with Crippen molar-refractivity contribution in [1.29, 1.82) is 0 Å². The molecule has 0 bridgehead atoms. The van der Waals surface area contributed by atoms with E-state index in [0.717, 1.165) is 17.9 Å². The van der Waals surface area contributed by atoms with Crippen molar-refractivity contribution in [3.8, 4) is 0 Å². The van der Waals surface area contributed by atoms with Crippen molar-refractivity contribution >= 4 is 22.3 Å². The molecular formula is C13H21N5O2. The molecule has 0 amide bonds. The summed E-state index contributed by atoms with van der Waals surface area (Å²) in [7, 11) is 0. The summed E-state index contributed by atoms with van der Waals surface area (Å²) in [5, 5.41) is 27.1. The Morgan fingerprint density at radius 2 is 1.75 bits per heavy atom. The van der Waals surface area contributed by atoms with Gasteiger partial charge in [0.05, 0.1) is 11.1 Å². The number of nitrogens with one attached hydrogen (secondary N) is 2. The number of anilines is 2. The van der Waals surface area contributed by atoms with Crippen LogP contribution in [0.2, 0.25) is 0 Å². The zero-order chi connectivity index (χ0) is 14.7. The molecule has 4 N–H and O–H groups in total. The molecule has 20 heavy (non-hydrogen) atoms. The molecule has 1 heterocycles. The number of hydrogen-bond donors (Lipinski definition) is 4. The van der Waals surface area contributed by atoms with Gasteiger partial charge in [-0.2, -0.15) is 0 Å². The van der Waals surface area contributed by atoms with Gasteiger partial charge in [0.2, 0.25) is 0 Å². The molecule has 0 atom stereocenters. The smallest absolute Gasteiger partial charge is 0.196 e. The Hall–Kier alpha value is -2.31.